The van der Waals surface area contributed by atoms with E-state index < -0.39 is 0 Å². The highest BCUT2D eigenvalue weighted by molar-refractivity contribution is 5.79. The smallest absolute Gasteiger partial charge is 0.229 e. The maximum atomic E-state index is 13.3. The van der Waals surface area contributed by atoms with Crippen molar-refractivity contribution in [2.45, 2.75) is 58.0 Å². The van der Waals surface area contributed by atoms with Gasteiger partial charge in [-0.15, -0.1) is 0 Å². The van der Waals surface area contributed by atoms with Gasteiger partial charge in [-0.3, -0.25) is 9.78 Å². The molecule has 1 amide bonds. The van der Waals surface area contributed by atoms with E-state index in [0.717, 1.165) is 35.4 Å². The van der Waals surface area contributed by atoms with Gasteiger partial charge in [0.2, 0.25) is 5.91 Å². The molecule has 0 saturated heterocycles. The quantitative estimate of drug-likeness (QED) is 0.691. The number of hydrogen-bond acceptors (Lipinski definition) is 3. The molecule has 27 heavy (non-hydrogen) atoms. The third-order valence-electron chi connectivity index (χ3n) is 5.53. The van der Waals surface area contributed by atoms with Crippen molar-refractivity contribution in [3.05, 3.63) is 65.9 Å². The molecule has 0 atom stereocenters. The number of aromatic nitrogens is 3. The van der Waals surface area contributed by atoms with Crippen LogP contribution in [-0.4, -0.2) is 31.2 Å². The zero-order valence-electron chi connectivity index (χ0n) is 15.8. The van der Waals surface area contributed by atoms with Gasteiger partial charge in [0.15, 0.2) is 0 Å². The molecule has 1 saturated carbocycles. The summed E-state index contributed by atoms with van der Waals surface area (Å²) in [7, 11) is 0. The van der Waals surface area contributed by atoms with Gasteiger partial charge in [-0.05, 0) is 43.5 Å². The molecule has 3 heterocycles. The lowest BCUT2D eigenvalue weighted by Gasteiger charge is -2.34. The molecular weight excluding hydrogens is 336 g/mol. The first-order valence-electron chi connectivity index (χ1n) is 9.83. The summed E-state index contributed by atoms with van der Waals surface area (Å²) >= 11 is 0. The Morgan fingerprint density at radius 2 is 2.00 bits per heavy atom. The van der Waals surface area contributed by atoms with Crippen molar-refractivity contribution < 1.29 is 4.79 Å². The summed E-state index contributed by atoms with van der Waals surface area (Å²) in [5.74, 6) is 0.163. The Labute approximate surface area is 160 Å². The summed E-state index contributed by atoms with van der Waals surface area (Å²) in [6.45, 7) is 2.63. The molecule has 0 aromatic carbocycles. The standard InChI is InChI=1S/C22H26N4O/c1-17-8-7-13-25-20(15-24-22(17)25)14-21(27)26(19-10-3-2-4-11-19)16-18-9-5-6-12-23-18/h5-9,12-13,15,19H,2-4,10-11,14,16H2,1H3. The first kappa shape index (κ1) is 17.7. The minimum Gasteiger partial charge on any atom is -0.333 e. The summed E-state index contributed by atoms with van der Waals surface area (Å²) in [5.41, 5.74) is 3.94. The highest BCUT2D eigenvalue weighted by atomic mass is 16.2. The topological polar surface area (TPSA) is 50.5 Å². The number of rotatable bonds is 5. The Morgan fingerprint density at radius 1 is 1.15 bits per heavy atom. The monoisotopic (exact) mass is 362 g/mol. The zero-order chi connectivity index (χ0) is 18.6. The summed E-state index contributed by atoms with van der Waals surface area (Å²) in [6.07, 6.45) is 11.8. The first-order valence-corrected chi connectivity index (χ1v) is 9.83. The van der Waals surface area contributed by atoms with E-state index >= 15 is 0 Å². The minimum atomic E-state index is 0.163. The molecule has 5 heteroatoms. The van der Waals surface area contributed by atoms with Crippen molar-refractivity contribution in [3.63, 3.8) is 0 Å². The highest BCUT2D eigenvalue weighted by Crippen LogP contribution is 2.25. The van der Waals surface area contributed by atoms with E-state index in [0.29, 0.717) is 19.0 Å². The minimum absolute atomic E-state index is 0.163. The summed E-state index contributed by atoms with van der Waals surface area (Å²) in [5, 5.41) is 0. The third-order valence-corrected chi connectivity index (χ3v) is 5.53. The number of aryl methyl sites for hydroxylation is 1. The molecule has 0 N–H and O–H groups in total. The molecule has 1 aliphatic rings. The van der Waals surface area contributed by atoms with Gasteiger partial charge in [0, 0.05) is 24.6 Å². The molecule has 3 aromatic heterocycles. The summed E-state index contributed by atoms with van der Waals surface area (Å²) < 4.78 is 2.03. The first-order chi connectivity index (χ1) is 13.2. The van der Waals surface area contributed by atoms with Crippen molar-refractivity contribution in [3.8, 4) is 0 Å². The lowest BCUT2D eigenvalue weighted by molar-refractivity contribution is -0.134. The van der Waals surface area contributed by atoms with Crippen LogP contribution < -0.4 is 0 Å². The fraction of sp³-hybridized carbons (Fsp3) is 0.409. The Morgan fingerprint density at radius 3 is 2.78 bits per heavy atom. The van der Waals surface area contributed by atoms with Gasteiger partial charge in [0.1, 0.15) is 5.65 Å². The SMILES string of the molecule is Cc1cccn2c(CC(=O)N(Cc3ccccn3)C3CCCCC3)cnc12. The van der Waals surface area contributed by atoms with E-state index in [1.165, 1.54) is 19.3 Å². The average Bonchev–Trinajstić information content (AvgIpc) is 3.12. The van der Waals surface area contributed by atoms with Gasteiger partial charge < -0.3 is 9.30 Å². The van der Waals surface area contributed by atoms with Crippen LogP contribution in [-0.2, 0) is 17.8 Å². The molecule has 5 nitrogen and oxygen atoms in total. The van der Waals surface area contributed by atoms with Crippen molar-refractivity contribution in [2.75, 3.05) is 0 Å². The van der Waals surface area contributed by atoms with Gasteiger partial charge in [-0.2, -0.15) is 0 Å². The maximum Gasteiger partial charge on any atom is 0.229 e. The molecule has 0 unspecified atom stereocenters. The highest BCUT2D eigenvalue weighted by Gasteiger charge is 2.26. The number of imidazole rings is 1. The Hall–Kier alpha value is -2.69. The molecule has 4 rings (SSSR count). The van der Waals surface area contributed by atoms with Gasteiger partial charge in [-0.1, -0.05) is 31.4 Å². The predicted octanol–water partition coefficient (Wildman–Crippen LogP) is 3.94. The fourth-order valence-corrected chi connectivity index (χ4v) is 4.07. The van der Waals surface area contributed by atoms with Crippen LogP contribution in [0.15, 0.2) is 48.9 Å². The van der Waals surface area contributed by atoms with Crippen LogP contribution in [0.3, 0.4) is 0 Å². The Bertz CT molecular complexity index is 912. The van der Waals surface area contributed by atoms with E-state index in [2.05, 4.69) is 14.9 Å². The van der Waals surface area contributed by atoms with Crippen LogP contribution in [0.4, 0.5) is 0 Å². The van der Waals surface area contributed by atoms with Crippen LogP contribution in [0.5, 0.6) is 0 Å². The molecule has 0 aliphatic heterocycles. The number of nitrogens with zero attached hydrogens (tertiary/aromatic N) is 4. The van der Waals surface area contributed by atoms with Crippen LogP contribution in [0.25, 0.3) is 5.65 Å². The van der Waals surface area contributed by atoms with Gasteiger partial charge in [0.25, 0.3) is 0 Å². The molecule has 0 radical (unpaired) electrons. The Balaban J connectivity index is 1.58. The van der Waals surface area contributed by atoms with Crippen molar-refractivity contribution in [1.29, 1.82) is 0 Å². The second-order valence-corrected chi connectivity index (χ2v) is 7.45. The van der Waals surface area contributed by atoms with Crippen LogP contribution in [0.2, 0.25) is 0 Å². The van der Waals surface area contributed by atoms with E-state index in [-0.39, 0.29) is 5.91 Å². The number of carbonyl (C=O) groups excluding carboxylic acids is 1. The summed E-state index contributed by atoms with van der Waals surface area (Å²) in [6, 6.07) is 10.3. The number of pyridine rings is 2. The van der Waals surface area contributed by atoms with Gasteiger partial charge in [-0.25, -0.2) is 4.98 Å². The van der Waals surface area contributed by atoms with E-state index in [1.807, 2.05) is 54.0 Å². The fourth-order valence-electron chi connectivity index (χ4n) is 4.07. The van der Waals surface area contributed by atoms with Crippen LogP contribution >= 0.6 is 0 Å². The van der Waals surface area contributed by atoms with Crippen molar-refractivity contribution in [1.82, 2.24) is 19.3 Å². The van der Waals surface area contributed by atoms with Crippen LogP contribution in [0, 0.1) is 6.92 Å². The molecular formula is C22H26N4O. The molecule has 140 valence electrons. The lowest BCUT2D eigenvalue weighted by atomic mass is 9.93. The van der Waals surface area contributed by atoms with E-state index in [9.17, 15) is 4.79 Å². The van der Waals surface area contributed by atoms with Crippen molar-refractivity contribution in [2.24, 2.45) is 0 Å². The van der Waals surface area contributed by atoms with E-state index in [4.69, 9.17) is 0 Å². The molecule has 0 bridgehead atoms. The maximum absolute atomic E-state index is 13.3. The van der Waals surface area contributed by atoms with Crippen LogP contribution in [0.1, 0.15) is 49.1 Å². The second kappa shape index (κ2) is 7.91. The van der Waals surface area contributed by atoms with Crippen molar-refractivity contribution >= 4 is 11.6 Å². The number of amides is 1. The lowest BCUT2D eigenvalue weighted by Crippen LogP contribution is -2.42. The van der Waals surface area contributed by atoms with Gasteiger partial charge in [0.05, 0.1) is 24.4 Å². The Kier molecular flexibility index (Phi) is 5.19. The predicted molar refractivity (Wildman–Crippen MR) is 105 cm³/mol. The molecule has 1 aliphatic carbocycles. The third kappa shape index (κ3) is 3.87. The average molecular weight is 362 g/mol. The normalized spacial score (nSPS) is 15.1. The number of carbonyl (C=O) groups is 1. The number of fused-ring (bicyclic) bond motifs is 1. The second-order valence-electron chi connectivity index (χ2n) is 7.45. The molecule has 0 spiro atoms. The van der Waals surface area contributed by atoms with Gasteiger partial charge >= 0.3 is 0 Å². The largest absolute Gasteiger partial charge is 0.333 e. The zero-order valence-corrected chi connectivity index (χ0v) is 15.8. The van der Waals surface area contributed by atoms with E-state index in [1.54, 1.807) is 6.20 Å². The summed E-state index contributed by atoms with van der Waals surface area (Å²) in [4.78, 5) is 24.3. The molecule has 1 fully saturated rings. The number of hydrogen-bond donors (Lipinski definition) is 0. The molecule has 3 aromatic rings.